The van der Waals surface area contributed by atoms with Crippen LogP contribution in [0.5, 0.6) is 0 Å². The van der Waals surface area contributed by atoms with Crippen molar-refractivity contribution >= 4 is 20.3 Å². The molecule has 3 aromatic carbocycles. The second-order valence-electron chi connectivity index (χ2n) is 11.0. The molecule has 3 aromatic rings. The number of esters is 2. The fraction of sp³-hybridized carbons (Fsp3) is 0.375. The molecule has 0 aliphatic carbocycles. The van der Waals surface area contributed by atoms with E-state index in [1.165, 1.54) is 0 Å². The molecule has 202 valence electrons. The minimum atomic E-state index is -1.93. The van der Waals surface area contributed by atoms with Crippen molar-refractivity contribution in [3.63, 3.8) is 0 Å². The van der Waals surface area contributed by atoms with Crippen LogP contribution in [0.3, 0.4) is 0 Å². The zero-order valence-corrected chi connectivity index (χ0v) is 24.2. The molecule has 5 nitrogen and oxygen atoms in total. The summed E-state index contributed by atoms with van der Waals surface area (Å²) in [5.41, 5.74) is 2.49. The average Bonchev–Trinajstić information content (AvgIpc) is 2.90. The molecule has 38 heavy (non-hydrogen) atoms. The molecule has 3 rings (SSSR count). The predicted molar refractivity (Wildman–Crippen MR) is 153 cm³/mol. The molecule has 0 unspecified atom stereocenters. The van der Waals surface area contributed by atoms with Gasteiger partial charge in [-0.05, 0) is 47.7 Å². The molecule has 0 radical (unpaired) electrons. The van der Waals surface area contributed by atoms with E-state index in [1.807, 2.05) is 91.0 Å². The molecule has 0 saturated heterocycles. The highest BCUT2D eigenvalue weighted by Crippen LogP contribution is 2.36. The van der Waals surface area contributed by atoms with E-state index in [-0.39, 0.29) is 11.6 Å². The predicted octanol–water partition coefficient (Wildman–Crippen LogP) is 7.28. The third-order valence-electron chi connectivity index (χ3n) is 7.13. The Bertz CT molecular complexity index is 1100. The van der Waals surface area contributed by atoms with Gasteiger partial charge >= 0.3 is 11.9 Å². The minimum Gasteiger partial charge on any atom is -0.458 e. The van der Waals surface area contributed by atoms with Crippen molar-refractivity contribution in [3.8, 4) is 0 Å². The summed E-state index contributed by atoms with van der Waals surface area (Å²) in [6.07, 6.45) is -0.125. The Labute approximate surface area is 228 Å². The molecule has 1 atom stereocenters. The first-order chi connectivity index (χ1) is 18.1. The highest BCUT2D eigenvalue weighted by molar-refractivity contribution is 6.74. The summed E-state index contributed by atoms with van der Waals surface area (Å²) < 4.78 is 17.8. The number of carbonyl (C=O) groups excluding carboxylic acids is 2. The van der Waals surface area contributed by atoms with E-state index in [1.54, 1.807) is 0 Å². The maximum Gasteiger partial charge on any atom is 0.347 e. The number of ether oxygens (including phenoxy) is 2. The van der Waals surface area contributed by atoms with Gasteiger partial charge in [-0.25, -0.2) is 4.79 Å². The Hall–Kier alpha value is -3.22. The van der Waals surface area contributed by atoms with E-state index >= 15 is 0 Å². The van der Waals surface area contributed by atoms with Gasteiger partial charge in [-0.2, -0.15) is 0 Å². The topological polar surface area (TPSA) is 61.8 Å². The van der Waals surface area contributed by atoms with Crippen LogP contribution < -0.4 is 0 Å². The highest BCUT2D eigenvalue weighted by Gasteiger charge is 2.37. The van der Waals surface area contributed by atoms with Crippen LogP contribution in [0.1, 0.15) is 56.2 Å². The molecule has 0 heterocycles. The molecular formula is C32H40O5Si. The maximum absolute atomic E-state index is 13.6. The fourth-order valence-corrected chi connectivity index (χ4v) is 4.91. The Morgan fingerprint density at radius 2 is 1.26 bits per heavy atom. The van der Waals surface area contributed by atoms with Crippen LogP contribution in [0.4, 0.5) is 0 Å². The van der Waals surface area contributed by atoms with Gasteiger partial charge in [-0.15, -0.1) is 0 Å². The van der Waals surface area contributed by atoms with Gasteiger partial charge in [0.1, 0.15) is 12.5 Å². The molecule has 0 aromatic heterocycles. The molecule has 0 aliphatic heterocycles. The normalized spacial score (nSPS) is 12.7. The van der Waals surface area contributed by atoms with Gasteiger partial charge in [0.2, 0.25) is 0 Å². The lowest BCUT2D eigenvalue weighted by Gasteiger charge is -2.36. The highest BCUT2D eigenvalue weighted by atomic mass is 28.4. The smallest absolute Gasteiger partial charge is 0.347 e. The number of hydrogen-bond acceptors (Lipinski definition) is 5. The van der Waals surface area contributed by atoms with E-state index in [0.29, 0.717) is 19.4 Å². The van der Waals surface area contributed by atoms with Gasteiger partial charge in [-0.3, -0.25) is 4.79 Å². The molecule has 0 bridgehead atoms. The second-order valence-corrected chi connectivity index (χ2v) is 15.8. The molecule has 0 N–H and O–H groups in total. The van der Waals surface area contributed by atoms with Gasteiger partial charge in [-0.1, -0.05) is 112 Å². The lowest BCUT2D eigenvalue weighted by molar-refractivity contribution is -0.169. The van der Waals surface area contributed by atoms with Crippen LogP contribution in [0.15, 0.2) is 91.0 Å². The van der Waals surface area contributed by atoms with Crippen molar-refractivity contribution in [1.82, 2.24) is 0 Å². The SMILES string of the molecule is CC(C)(C)[Si](C)(C)OCCC[C@@H](OC(=O)C(c1ccccc1)c1ccccc1)C(=O)OCc1ccccc1. The monoisotopic (exact) mass is 532 g/mol. The van der Waals surface area contributed by atoms with Crippen LogP contribution >= 0.6 is 0 Å². The van der Waals surface area contributed by atoms with E-state index in [9.17, 15) is 9.59 Å². The summed E-state index contributed by atoms with van der Waals surface area (Å²) >= 11 is 0. The minimum absolute atomic E-state index is 0.0894. The zero-order chi connectivity index (χ0) is 27.6. The summed E-state index contributed by atoms with van der Waals surface area (Å²) in [5, 5.41) is 0.0894. The summed E-state index contributed by atoms with van der Waals surface area (Å²) in [7, 11) is -1.93. The standard InChI is InChI=1S/C32H40O5Si/c1-32(2,3)38(4,5)36-23-15-22-28(30(33)35-24-25-16-9-6-10-17-25)37-31(34)29(26-18-11-7-12-19-26)27-20-13-8-14-21-27/h6-14,16-21,28-29H,15,22-24H2,1-5H3/t28-/m1/s1. The summed E-state index contributed by atoms with van der Waals surface area (Å²) in [6, 6.07) is 28.4. The Morgan fingerprint density at radius 1 is 0.763 bits per heavy atom. The second kappa shape index (κ2) is 13.5. The lowest BCUT2D eigenvalue weighted by Crippen LogP contribution is -2.41. The van der Waals surface area contributed by atoms with Gasteiger partial charge < -0.3 is 13.9 Å². The first kappa shape index (κ1) is 29.3. The van der Waals surface area contributed by atoms with Crippen molar-refractivity contribution in [2.24, 2.45) is 0 Å². The summed E-state index contributed by atoms with van der Waals surface area (Å²) in [5.74, 6) is -1.67. The molecular weight excluding hydrogens is 492 g/mol. The Balaban J connectivity index is 1.75. The van der Waals surface area contributed by atoms with E-state index in [2.05, 4.69) is 33.9 Å². The van der Waals surface area contributed by atoms with Crippen molar-refractivity contribution < 1.29 is 23.5 Å². The largest absolute Gasteiger partial charge is 0.458 e. The third-order valence-corrected chi connectivity index (χ3v) is 11.7. The maximum atomic E-state index is 13.6. The van der Waals surface area contributed by atoms with Crippen molar-refractivity contribution in [2.75, 3.05) is 6.61 Å². The van der Waals surface area contributed by atoms with E-state index in [0.717, 1.165) is 16.7 Å². The van der Waals surface area contributed by atoms with Crippen molar-refractivity contribution in [1.29, 1.82) is 0 Å². The Morgan fingerprint density at radius 3 is 1.76 bits per heavy atom. The molecule has 0 spiro atoms. The lowest BCUT2D eigenvalue weighted by atomic mass is 9.91. The van der Waals surface area contributed by atoms with Gasteiger partial charge in [0, 0.05) is 6.61 Å². The first-order valence-electron chi connectivity index (χ1n) is 13.2. The van der Waals surface area contributed by atoms with Crippen LogP contribution in [0, 0.1) is 0 Å². The third kappa shape index (κ3) is 8.40. The van der Waals surface area contributed by atoms with Crippen molar-refractivity contribution in [2.45, 2.75) is 70.4 Å². The quantitative estimate of drug-likeness (QED) is 0.139. The van der Waals surface area contributed by atoms with Crippen LogP contribution in [0.2, 0.25) is 18.1 Å². The van der Waals surface area contributed by atoms with Crippen molar-refractivity contribution in [3.05, 3.63) is 108 Å². The number of hydrogen-bond donors (Lipinski definition) is 0. The fourth-order valence-electron chi connectivity index (χ4n) is 3.82. The van der Waals surface area contributed by atoms with Gasteiger partial charge in [0.25, 0.3) is 0 Å². The number of benzene rings is 3. The number of carbonyl (C=O) groups is 2. The zero-order valence-electron chi connectivity index (χ0n) is 23.2. The number of rotatable bonds is 12. The summed E-state index contributed by atoms with van der Waals surface area (Å²) in [4.78, 5) is 26.8. The summed E-state index contributed by atoms with van der Waals surface area (Å²) in [6.45, 7) is 11.6. The molecule has 0 aliphatic rings. The van der Waals surface area contributed by atoms with Crippen LogP contribution in [-0.4, -0.2) is 33.0 Å². The van der Waals surface area contributed by atoms with Gasteiger partial charge in [0.05, 0.1) is 0 Å². The van der Waals surface area contributed by atoms with E-state index < -0.39 is 32.3 Å². The van der Waals surface area contributed by atoms with E-state index in [4.69, 9.17) is 13.9 Å². The average molecular weight is 533 g/mol. The Kier molecular flexibility index (Phi) is 10.4. The molecule has 6 heteroatoms. The van der Waals surface area contributed by atoms with Crippen LogP contribution in [-0.2, 0) is 30.1 Å². The molecule has 0 fully saturated rings. The van der Waals surface area contributed by atoms with Crippen LogP contribution in [0.25, 0.3) is 0 Å². The molecule has 0 amide bonds. The first-order valence-corrected chi connectivity index (χ1v) is 16.1. The molecule has 0 saturated carbocycles. The van der Waals surface area contributed by atoms with Gasteiger partial charge in [0.15, 0.2) is 14.4 Å².